The van der Waals surface area contributed by atoms with Crippen LogP contribution < -0.4 is 10.0 Å². The van der Waals surface area contributed by atoms with Crippen LogP contribution in [0.15, 0.2) is 6.20 Å². The van der Waals surface area contributed by atoms with E-state index in [9.17, 15) is 29.6 Å². The number of imidazole rings is 1. The van der Waals surface area contributed by atoms with Crippen molar-refractivity contribution >= 4 is 23.7 Å². The highest BCUT2D eigenvalue weighted by molar-refractivity contribution is 5.86. The Hall–Kier alpha value is -3.10. The summed E-state index contributed by atoms with van der Waals surface area (Å²) >= 11 is 0. The smallest absolute Gasteiger partial charge is 0.342 e. The van der Waals surface area contributed by atoms with E-state index in [1.54, 1.807) is 11.5 Å². The fourth-order valence-electron chi connectivity index (χ4n) is 2.66. The fourth-order valence-corrected chi connectivity index (χ4v) is 2.66. The summed E-state index contributed by atoms with van der Waals surface area (Å²) in [6.07, 6.45) is -1.13. The molecule has 0 spiro atoms. The first-order valence-corrected chi connectivity index (χ1v) is 9.83. The number of aliphatic carboxylic acids is 3. The Morgan fingerprint density at radius 3 is 2.12 bits per heavy atom. The Morgan fingerprint density at radius 2 is 1.72 bits per heavy atom. The molecule has 1 heterocycles. The second kappa shape index (κ2) is 14.1. The summed E-state index contributed by atoms with van der Waals surface area (Å²) in [5.74, 6) is -4.68. The minimum atomic E-state index is -2.85. The van der Waals surface area contributed by atoms with Crippen LogP contribution in [0.4, 0.5) is 5.82 Å². The lowest BCUT2D eigenvalue weighted by Crippen LogP contribution is -3.11. The molecule has 4 N–H and O–H groups in total. The third kappa shape index (κ3) is 10.3. The molecule has 1 aromatic heterocycles. The van der Waals surface area contributed by atoms with Crippen molar-refractivity contribution in [3.8, 4) is 0 Å². The molecule has 1 aromatic rings. The van der Waals surface area contributed by atoms with Gasteiger partial charge in [-0.15, -0.1) is 0 Å². The largest absolute Gasteiger partial charge is 0.547 e. The highest BCUT2D eigenvalue weighted by atomic mass is 16.6. The normalized spacial score (nSPS) is 11.0. The van der Waals surface area contributed by atoms with Crippen LogP contribution in [0.5, 0.6) is 0 Å². The molecule has 1 rings (SSSR count). The zero-order chi connectivity index (χ0) is 24.9. The second-order valence-corrected chi connectivity index (χ2v) is 6.85. The predicted molar refractivity (Wildman–Crippen MR) is 106 cm³/mol. The van der Waals surface area contributed by atoms with Crippen molar-refractivity contribution < 1.29 is 49.4 Å². The molecule has 0 saturated carbocycles. The molecule has 0 fully saturated rings. The molecule has 0 saturated heterocycles. The van der Waals surface area contributed by atoms with E-state index >= 15 is 0 Å². The molecule has 0 aliphatic carbocycles. The zero-order valence-corrected chi connectivity index (χ0v) is 18.3. The molecule has 0 atom stereocenters. The maximum atomic E-state index is 10.8. The van der Waals surface area contributed by atoms with Gasteiger partial charge in [-0.05, 0) is 18.8 Å². The number of rotatable bonds is 14. The topological polar surface area (TPSA) is 210 Å². The van der Waals surface area contributed by atoms with Crippen molar-refractivity contribution in [1.82, 2.24) is 9.55 Å². The van der Waals surface area contributed by atoms with Crippen LogP contribution in [-0.2, 0) is 25.7 Å². The van der Waals surface area contributed by atoms with Gasteiger partial charge in [-0.3, -0.25) is 9.59 Å². The van der Waals surface area contributed by atoms with Gasteiger partial charge in [-0.25, -0.2) is 9.55 Å². The summed E-state index contributed by atoms with van der Waals surface area (Å²) in [5.41, 5.74) is -2.85. The number of carboxylic acids is 3. The number of carboxylic acid groups (broad SMARTS) is 3. The number of hydrogen-bond acceptors (Lipinski definition) is 9. The van der Waals surface area contributed by atoms with Gasteiger partial charge in [0.1, 0.15) is 24.9 Å². The average Bonchev–Trinajstić information content (AvgIpc) is 3.04. The third-order valence-electron chi connectivity index (χ3n) is 4.55. The Labute approximate surface area is 184 Å². The maximum absolute atomic E-state index is 10.8. The van der Waals surface area contributed by atoms with E-state index in [1.807, 2.05) is 0 Å². The van der Waals surface area contributed by atoms with Crippen LogP contribution in [0, 0.1) is 17.0 Å². The molecule has 0 aromatic carbocycles. The Morgan fingerprint density at radius 1 is 1.19 bits per heavy atom. The summed E-state index contributed by atoms with van der Waals surface area (Å²) in [6.45, 7) is 10.8. The van der Waals surface area contributed by atoms with Crippen molar-refractivity contribution in [3.05, 3.63) is 22.1 Å². The Balaban J connectivity index is 0.000000649. The molecule has 0 radical (unpaired) electrons. The number of nitro groups is 1. The molecule has 182 valence electrons. The molecular formula is C18H30N4O10. The number of aromatic nitrogens is 2. The number of carbonyl (C=O) groups excluding carboxylic acids is 1. The number of likely N-dealkylation sites (N-methyl/N-ethyl adjacent to an activating group) is 1. The lowest BCUT2D eigenvalue weighted by atomic mass is 9.96. The predicted octanol–water partition coefficient (Wildman–Crippen LogP) is -2.54. The Kier molecular flexibility index (Phi) is 12.7. The highest BCUT2D eigenvalue weighted by Gasteiger charge is 2.34. The van der Waals surface area contributed by atoms with E-state index in [0.29, 0.717) is 25.6 Å². The minimum Gasteiger partial charge on any atom is -0.547 e. The number of carbonyl (C=O) groups is 3. The quantitative estimate of drug-likeness (QED) is 0.128. The van der Waals surface area contributed by atoms with Crippen LogP contribution >= 0.6 is 0 Å². The summed E-state index contributed by atoms with van der Waals surface area (Å²) in [4.78, 5) is 46.1. The highest BCUT2D eigenvalue weighted by Crippen LogP contribution is 2.14. The molecule has 0 bridgehead atoms. The summed E-state index contributed by atoms with van der Waals surface area (Å²) in [7, 11) is 0. The van der Waals surface area contributed by atoms with Crippen LogP contribution in [-0.4, -0.2) is 86.2 Å². The van der Waals surface area contributed by atoms with E-state index in [2.05, 4.69) is 18.8 Å². The lowest BCUT2D eigenvalue weighted by Gasteiger charge is -2.25. The number of hydrogen-bond donors (Lipinski definition) is 4. The first-order chi connectivity index (χ1) is 14.9. The number of nitrogens with zero attached hydrogens (tertiary/aromatic N) is 3. The van der Waals surface area contributed by atoms with Crippen LogP contribution in [0.25, 0.3) is 0 Å². The maximum Gasteiger partial charge on any atom is 0.342 e. The summed E-state index contributed by atoms with van der Waals surface area (Å²) in [5, 5.41) is 46.3. The fraction of sp³-hybridized carbons (Fsp3) is 0.667. The van der Waals surface area contributed by atoms with E-state index in [1.165, 1.54) is 11.1 Å². The van der Waals surface area contributed by atoms with Gasteiger partial charge in [-0.2, -0.15) is 0 Å². The molecular weight excluding hydrogens is 432 g/mol. The van der Waals surface area contributed by atoms with Gasteiger partial charge in [0.15, 0.2) is 5.82 Å². The van der Waals surface area contributed by atoms with Crippen LogP contribution in [0.2, 0.25) is 0 Å². The molecule has 14 nitrogen and oxygen atoms in total. The number of quaternary nitrogens is 1. The first kappa shape index (κ1) is 28.9. The number of nitrogens with one attached hydrogen (secondary N) is 1. The van der Waals surface area contributed by atoms with Gasteiger partial charge in [0.05, 0.1) is 45.1 Å². The lowest BCUT2D eigenvalue weighted by molar-refractivity contribution is -0.896. The molecule has 0 unspecified atom stereocenters. The SMILES string of the molecule is CC[NH+](CC)CCOCCn1c([N+](=O)[O-])cnc1C.O=C(O)CC(O)(CC(=O)O)C(=O)[O-]. The molecule has 0 aliphatic rings. The molecule has 32 heavy (non-hydrogen) atoms. The van der Waals surface area contributed by atoms with Gasteiger partial charge < -0.3 is 45.0 Å². The van der Waals surface area contributed by atoms with Gasteiger partial charge in [0.25, 0.3) is 0 Å². The van der Waals surface area contributed by atoms with Crippen LogP contribution in [0.3, 0.4) is 0 Å². The first-order valence-electron chi connectivity index (χ1n) is 9.83. The summed E-state index contributed by atoms with van der Waals surface area (Å²) < 4.78 is 7.11. The number of aliphatic hydroxyl groups is 1. The van der Waals surface area contributed by atoms with Gasteiger partial charge in [0, 0.05) is 6.92 Å². The van der Waals surface area contributed by atoms with Crippen molar-refractivity contribution in [3.63, 3.8) is 0 Å². The van der Waals surface area contributed by atoms with E-state index in [-0.39, 0.29) is 5.82 Å². The van der Waals surface area contributed by atoms with Crippen molar-refractivity contribution in [2.75, 3.05) is 32.8 Å². The number of ether oxygens (including phenoxy) is 1. The van der Waals surface area contributed by atoms with Crippen molar-refractivity contribution in [1.29, 1.82) is 0 Å². The zero-order valence-electron chi connectivity index (χ0n) is 18.3. The van der Waals surface area contributed by atoms with E-state index < -0.39 is 41.3 Å². The van der Waals surface area contributed by atoms with E-state index in [4.69, 9.17) is 20.1 Å². The van der Waals surface area contributed by atoms with Crippen LogP contribution in [0.1, 0.15) is 32.5 Å². The van der Waals surface area contributed by atoms with E-state index in [0.717, 1.165) is 19.6 Å². The standard InChI is InChI=1S/C12H22N4O3.C6H8O7/c1-4-14(5-2)6-8-19-9-7-15-11(3)13-10-12(15)16(17)18;7-3(8)1-6(13,5(11)12)2-4(9)10/h10H,4-9H2,1-3H3;13H,1-2H2,(H,7,8)(H,9,10)(H,11,12). The third-order valence-corrected chi connectivity index (χ3v) is 4.55. The van der Waals surface area contributed by atoms with Gasteiger partial charge in [0.2, 0.25) is 0 Å². The minimum absolute atomic E-state index is 0.0236. The monoisotopic (exact) mass is 462 g/mol. The van der Waals surface area contributed by atoms with Crippen molar-refractivity contribution in [2.24, 2.45) is 0 Å². The van der Waals surface area contributed by atoms with Crippen molar-refractivity contribution in [2.45, 2.75) is 45.8 Å². The van der Waals surface area contributed by atoms with Gasteiger partial charge >= 0.3 is 17.8 Å². The Bertz CT molecular complexity index is 760. The molecule has 14 heteroatoms. The second-order valence-electron chi connectivity index (χ2n) is 6.85. The van der Waals surface area contributed by atoms with Gasteiger partial charge in [-0.1, -0.05) is 0 Å². The molecule has 0 aliphatic heterocycles. The number of aryl methyl sites for hydroxylation is 1. The average molecular weight is 462 g/mol. The molecule has 0 amide bonds. The summed E-state index contributed by atoms with van der Waals surface area (Å²) in [6, 6.07) is 0.